The van der Waals surface area contributed by atoms with Gasteiger partial charge in [-0.15, -0.1) is 0 Å². The lowest BCUT2D eigenvalue weighted by atomic mass is 10.00. The summed E-state index contributed by atoms with van der Waals surface area (Å²) >= 11 is 0. The van der Waals surface area contributed by atoms with E-state index in [0.717, 1.165) is 0 Å². The molecule has 0 rings (SSSR count). The number of nitrogens with two attached hydrogens (primary N) is 1. The van der Waals surface area contributed by atoms with Gasteiger partial charge in [0.25, 0.3) is 0 Å². The van der Waals surface area contributed by atoms with Gasteiger partial charge in [0.1, 0.15) is 11.6 Å². The first-order chi connectivity index (χ1) is 5.07. The van der Waals surface area contributed by atoms with E-state index in [2.05, 4.69) is 0 Å². The summed E-state index contributed by atoms with van der Waals surface area (Å²) in [5, 5.41) is 0. The van der Waals surface area contributed by atoms with Gasteiger partial charge in [0.15, 0.2) is 0 Å². The molecule has 3 nitrogen and oxygen atoms in total. The monoisotopic (exact) mass is 157 g/mol. The fourth-order valence-electron chi connectivity index (χ4n) is 0.748. The van der Waals surface area contributed by atoms with Gasteiger partial charge >= 0.3 is 0 Å². The van der Waals surface area contributed by atoms with Crippen LogP contribution in [0.2, 0.25) is 0 Å². The second-order valence-corrected chi connectivity index (χ2v) is 2.79. The Kier molecular flexibility index (Phi) is 4.70. The molecular formula is C8H15NO2. The molecule has 0 bridgehead atoms. The molecule has 3 heteroatoms. The Morgan fingerprint density at radius 3 is 2.36 bits per heavy atom. The highest BCUT2D eigenvalue weighted by molar-refractivity contribution is 5.86. The predicted molar refractivity (Wildman–Crippen MR) is 43.1 cm³/mol. The highest BCUT2D eigenvalue weighted by Crippen LogP contribution is 2.04. The van der Waals surface area contributed by atoms with E-state index in [1.54, 1.807) is 6.92 Å². The Bertz CT molecular complexity index is 154. The maximum Gasteiger partial charge on any atom is 0.134 e. The molecule has 0 aromatic rings. The fraction of sp³-hybridized carbons (Fsp3) is 0.750. The van der Waals surface area contributed by atoms with Crippen LogP contribution in [-0.2, 0) is 9.59 Å². The van der Waals surface area contributed by atoms with Crippen molar-refractivity contribution in [1.82, 2.24) is 0 Å². The zero-order valence-electron chi connectivity index (χ0n) is 7.09. The molecule has 0 fully saturated rings. The third-order valence-corrected chi connectivity index (χ3v) is 1.65. The van der Waals surface area contributed by atoms with Crippen LogP contribution >= 0.6 is 0 Å². The summed E-state index contributed by atoms with van der Waals surface area (Å²) in [5.74, 6) is -0.000351. The van der Waals surface area contributed by atoms with Crippen molar-refractivity contribution >= 4 is 11.6 Å². The fourth-order valence-corrected chi connectivity index (χ4v) is 0.748. The molecule has 0 unspecified atom stereocenters. The van der Waals surface area contributed by atoms with E-state index in [0.29, 0.717) is 19.4 Å². The zero-order chi connectivity index (χ0) is 8.85. The second-order valence-electron chi connectivity index (χ2n) is 2.79. The minimum absolute atomic E-state index is 0.0652. The van der Waals surface area contributed by atoms with E-state index in [1.165, 1.54) is 6.92 Å². The minimum Gasteiger partial charge on any atom is -0.330 e. The Morgan fingerprint density at radius 1 is 1.45 bits per heavy atom. The summed E-state index contributed by atoms with van der Waals surface area (Å²) in [6.45, 7) is 3.64. The van der Waals surface area contributed by atoms with Crippen LogP contribution in [0.1, 0.15) is 26.7 Å². The van der Waals surface area contributed by atoms with Crippen LogP contribution in [0.4, 0.5) is 0 Å². The molecule has 0 aromatic carbocycles. The van der Waals surface area contributed by atoms with Crippen LogP contribution in [0.15, 0.2) is 0 Å². The molecule has 0 saturated heterocycles. The number of rotatable bonds is 5. The first-order valence-electron chi connectivity index (χ1n) is 3.80. The Morgan fingerprint density at radius 2 is 2.00 bits per heavy atom. The third-order valence-electron chi connectivity index (χ3n) is 1.65. The van der Waals surface area contributed by atoms with Crippen LogP contribution in [0.5, 0.6) is 0 Å². The maximum absolute atomic E-state index is 10.9. The van der Waals surface area contributed by atoms with Gasteiger partial charge in [0.2, 0.25) is 0 Å². The van der Waals surface area contributed by atoms with Crippen molar-refractivity contribution in [2.24, 2.45) is 11.7 Å². The second kappa shape index (κ2) is 5.02. The molecule has 0 saturated carbocycles. The van der Waals surface area contributed by atoms with Gasteiger partial charge in [-0.25, -0.2) is 0 Å². The Balaban J connectivity index is 3.66. The summed E-state index contributed by atoms with van der Waals surface area (Å²) in [7, 11) is 0. The molecule has 0 radical (unpaired) electrons. The molecule has 0 amide bonds. The number of hydrogen-bond acceptors (Lipinski definition) is 3. The van der Waals surface area contributed by atoms with E-state index in [4.69, 9.17) is 5.73 Å². The van der Waals surface area contributed by atoms with E-state index in [9.17, 15) is 9.59 Å². The molecular weight excluding hydrogens is 142 g/mol. The van der Waals surface area contributed by atoms with Gasteiger partial charge in [-0.05, 0) is 13.5 Å². The van der Waals surface area contributed by atoms with Crippen molar-refractivity contribution in [2.45, 2.75) is 26.7 Å². The van der Waals surface area contributed by atoms with Crippen molar-refractivity contribution in [2.75, 3.05) is 6.54 Å². The number of carbonyl (C=O) groups excluding carboxylic acids is 2. The van der Waals surface area contributed by atoms with E-state index in [-0.39, 0.29) is 17.5 Å². The molecule has 0 aliphatic heterocycles. The van der Waals surface area contributed by atoms with E-state index >= 15 is 0 Å². The lowest BCUT2D eigenvalue weighted by Gasteiger charge is -2.04. The molecule has 1 atom stereocenters. The molecule has 64 valence electrons. The molecule has 0 spiro atoms. The highest BCUT2D eigenvalue weighted by Gasteiger charge is 2.11. The van der Waals surface area contributed by atoms with E-state index < -0.39 is 0 Å². The van der Waals surface area contributed by atoms with Crippen LogP contribution in [-0.4, -0.2) is 18.1 Å². The van der Waals surface area contributed by atoms with Gasteiger partial charge in [0.05, 0.1) is 0 Å². The smallest absolute Gasteiger partial charge is 0.134 e. The van der Waals surface area contributed by atoms with Crippen molar-refractivity contribution in [1.29, 1.82) is 0 Å². The Labute approximate surface area is 67.0 Å². The quantitative estimate of drug-likeness (QED) is 0.633. The Hall–Kier alpha value is -0.700. The lowest BCUT2D eigenvalue weighted by Crippen LogP contribution is -2.15. The summed E-state index contributed by atoms with van der Waals surface area (Å²) in [6.07, 6.45) is 0.726. The SMILES string of the molecule is CC(=O)[C@H](C)CC(=O)CCN. The summed E-state index contributed by atoms with van der Waals surface area (Å²) in [5.41, 5.74) is 5.18. The standard InChI is InChI=1S/C8H15NO2/c1-6(7(2)10)5-8(11)3-4-9/h6H,3-5,9H2,1-2H3/t6-/m1/s1. The predicted octanol–water partition coefficient (Wildman–Crippen LogP) is 0.520. The average molecular weight is 157 g/mol. The van der Waals surface area contributed by atoms with Gasteiger partial charge in [-0.3, -0.25) is 9.59 Å². The number of carbonyl (C=O) groups is 2. The largest absolute Gasteiger partial charge is 0.330 e. The van der Waals surface area contributed by atoms with Crippen molar-refractivity contribution < 1.29 is 9.59 Å². The summed E-state index contributed by atoms with van der Waals surface area (Å²) in [4.78, 5) is 21.6. The van der Waals surface area contributed by atoms with Gasteiger partial charge in [-0.1, -0.05) is 6.92 Å². The number of hydrogen-bond donors (Lipinski definition) is 1. The number of Topliss-reactive ketones (excluding diaryl/α,β-unsaturated/α-hetero) is 2. The van der Waals surface area contributed by atoms with Crippen molar-refractivity contribution in [3.63, 3.8) is 0 Å². The topological polar surface area (TPSA) is 60.2 Å². The summed E-state index contributed by atoms with van der Waals surface area (Å²) < 4.78 is 0. The summed E-state index contributed by atoms with van der Waals surface area (Å²) in [6, 6.07) is 0. The van der Waals surface area contributed by atoms with Crippen molar-refractivity contribution in [3.8, 4) is 0 Å². The van der Waals surface area contributed by atoms with Crippen LogP contribution in [0.25, 0.3) is 0 Å². The van der Waals surface area contributed by atoms with Gasteiger partial charge < -0.3 is 5.73 Å². The molecule has 0 heterocycles. The van der Waals surface area contributed by atoms with Gasteiger partial charge in [-0.2, -0.15) is 0 Å². The molecule has 2 N–H and O–H groups in total. The van der Waals surface area contributed by atoms with Crippen LogP contribution < -0.4 is 5.73 Å². The molecule has 11 heavy (non-hydrogen) atoms. The number of ketones is 2. The van der Waals surface area contributed by atoms with Crippen molar-refractivity contribution in [3.05, 3.63) is 0 Å². The third kappa shape index (κ3) is 4.67. The first-order valence-corrected chi connectivity index (χ1v) is 3.80. The maximum atomic E-state index is 10.9. The zero-order valence-corrected chi connectivity index (χ0v) is 7.09. The first kappa shape index (κ1) is 10.3. The van der Waals surface area contributed by atoms with Crippen LogP contribution in [0.3, 0.4) is 0 Å². The van der Waals surface area contributed by atoms with E-state index in [1.807, 2.05) is 0 Å². The molecule has 0 aliphatic rings. The highest BCUT2D eigenvalue weighted by atomic mass is 16.1. The average Bonchev–Trinajstić information content (AvgIpc) is 1.87. The molecule has 0 aromatic heterocycles. The van der Waals surface area contributed by atoms with Gasteiger partial charge in [0, 0.05) is 18.8 Å². The normalized spacial score (nSPS) is 12.6. The van der Waals surface area contributed by atoms with Crippen LogP contribution in [0, 0.1) is 5.92 Å². The molecule has 0 aliphatic carbocycles. The lowest BCUT2D eigenvalue weighted by molar-refractivity contribution is -0.126. The minimum atomic E-state index is -0.144.